The lowest BCUT2D eigenvalue weighted by molar-refractivity contribution is 0.0977. The number of carbonyl (C=O) groups excluding carboxylic acids is 1. The van der Waals surface area contributed by atoms with Crippen molar-refractivity contribution >= 4 is 46.2 Å². The Morgan fingerprint density at radius 2 is 1.77 bits per heavy atom. The van der Waals surface area contributed by atoms with Crippen molar-refractivity contribution in [2.45, 2.75) is 26.2 Å². The molecule has 6 heteroatoms. The van der Waals surface area contributed by atoms with Gasteiger partial charge in [0.1, 0.15) is 0 Å². The minimum atomic E-state index is -0.232. The molecule has 2 aromatic rings. The summed E-state index contributed by atoms with van der Waals surface area (Å²) < 4.78 is 0. The van der Waals surface area contributed by atoms with E-state index in [9.17, 15) is 4.79 Å². The van der Waals surface area contributed by atoms with E-state index in [1.807, 2.05) is 37.3 Å². The summed E-state index contributed by atoms with van der Waals surface area (Å²) in [5.41, 5.74) is 3.43. The van der Waals surface area contributed by atoms with Crippen LogP contribution in [0.1, 0.15) is 35.2 Å². The van der Waals surface area contributed by atoms with Gasteiger partial charge in [0.2, 0.25) is 0 Å². The van der Waals surface area contributed by atoms with E-state index >= 15 is 0 Å². The number of rotatable bonds is 3. The molecule has 0 unspecified atom stereocenters. The number of halogens is 1. The molecule has 0 atom stereocenters. The Bertz CT molecular complexity index is 801. The monoisotopic (exact) mass is 387 g/mol. The van der Waals surface area contributed by atoms with Gasteiger partial charge < -0.3 is 10.2 Å². The fourth-order valence-corrected chi connectivity index (χ4v) is 3.59. The molecule has 1 aliphatic rings. The summed E-state index contributed by atoms with van der Waals surface area (Å²) in [6.45, 7) is 3.93. The zero-order valence-electron chi connectivity index (χ0n) is 14.7. The third kappa shape index (κ3) is 4.54. The summed E-state index contributed by atoms with van der Waals surface area (Å²) in [5.74, 6) is -0.232. The number of benzene rings is 2. The molecular formula is C20H22ClN3OS. The Labute approximate surface area is 164 Å². The predicted octanol–water partition coefficient (Wildman–Crippen LogP) is 4.77. The van der Waals surface area contributed by atoms with Gasteiger partial charge in [-0.1, -0.05) is 35.4 Å². The van der Waals surface area contributed by atoms with E-state index in [0.717, 1.165) is 42.9 Å². The maximum atomic E-state index is 12.3. The van der Waals surface area contributed by atoms with Crippen LogP contribution in [0.25, 0.3) is 0 Å². The van der Waals surface area contributed by atoms with E-state index in [0.29, 0.717) is 10.6 Å². The molecule has 3 rings (SSSR count). The van der Waals surface area contributed by atoms with Crippen molar-refractivity contribution < 1.29 is 4.79 Å². The molecule has 0 bridgehead atoms. The third-order valence-electron chi connectivity index (χ3n) is 4.45. The molecule has 0 aromatic heterocycles. The average Bonchev–Trinajstić information content (AvgIpc) is 2.63. The average molecular weight is 388 g/mol. The highest BCUT2D eigenvalue weighted by molar-refractivity contribution is 7.80. The van der Waals surface area contributed by atoms with Crippen LogP contribution < -0.4 is 15.5 Å². The molecule has 1 heterocycles. The van der Waals surface area contributed by atoms with Gasteiger partial charge in [0, 0.05) is 18.7 Å². The number of anilines is 2. The number of para-hydroxylation sites is 1. The summed E-state index contributed by atoms with van der Waals surface area (Å²) in [5, 5.41) is 6.81. The molecule has 0 spiro atoms. The zero-order chi connectivity index (χ0) is 18.5. The summed E-state index contributed by atoms with van der Waals surface area (Å²) in [7, 11) is 0. The number of carbonyl (C=O) groups is 1. The van der Waals surface area contributed by atoms with Crippen LogP contribution in [0.2, 0.25) is 5.02 Å². The largest absolute Gasteiger partial charge is 0.369 e. The molecule has 2 aromatic carbocycles. The maximum absolute atomic E-state index is 12.3. The lowest BCUT2D eigenvalue weighted by Gasteiger charge is -2.31. The van der Waals surface area contributed by atoms with E-state index in [1.54, 1.807) is 12.1 Å². The Hall–Kier alpha value is -2.11. The molecule has 26 heavy (non-hydrogen) atoms. The van der Waals surface area contributed by atoms with E-state index in [-0.39, 0.29) is 11.0 Å². The predicted molar refractivity (Wildman–Crippen MR) is 112 cm³/mol. The minimum absolute atomic E-state index is 0.232. The first-order chi connectivity index (χ1) is 12.5. The fraction of sp³-hybridized carbons (Fsp3) is 0.300. The van der Waals surface area contributed by atoms with Crippen LogP contribution in [-0.2, 0) is 0 Å². The highest BCUT2D eigenvalue weighted by atomic mass is 35.5. The topological polar surface area (TPSA) is 44.4 Å². The second kappa shape index (κ2) is 8.52. The van der Waals surface area contributed by atoms with Crippen LogP contribution in [0.15, 0.2) is 42.5 Å². The van der Waals surface area contributed by atoms with Gasteiger partial charge in [0.25, 0.3) is 5.91 Å². The van der Waals surface area contributed by atoms with Crippen molar-refractivity contribution in [2.75, 3.05) is 23.3 Å². The van der Waals surface area contributed by atoms with Crippen molar-refractivity contribution in [1.82, 2.24) is 5.32 Å². The molecule has 1 saturated heterocycles. The molecule has 0 radical (unpaired) electrons. The fourth-order valence-electron chi connectivity index (χ4n) is 3.09. The van der Waals surface area contributed by atoms with Gasteiger partial charge >= 0.3 is 0 Å². The minimum Gasteiger partial charge on any atom is -0.369 e. The van der Waals surface area contributed by atoms with Gasteiger partial charge in [-0.05, 0) is 62.7 Å². The zero-order valence-corrected chi connectivity index (χ0v) is 16.3. The van der Waals surface area contributed by atoms with Gasteiger partial charge in [-0.2, -0.15) is 0 Å². The van der Waals surface area contributed by atoms with Gasteiger partial charge in [-0.3, -0.25) is 10.1 Å². The van der Waals surface area contributed by atoms with Crippen molar-refractivity contribution in [2.24, 2.45) is 0 Å². The summed E-state index contributed by atoms with van der Waals surface area (Å²) in [6.07, 6.45) is 3.55. The summed E-state index contributed by atoms with van der Waals surface area (Å²) in [6, 6.07) is 13.1. The number of aryl methyl sites for hydroxylation is 1. The Balaban J connectivity index is 1.72. The van der Waals surface area contributed by atoms with Gasteiger partial charge in [0.15, 0.2) is 5.11 Å². The van der Waals surface area contributed by atoms with Crippen LogP contribution in [0.4, 0.5) is 11.4 Å². The second-order valence-electron chi connectivity index (χ2n) is 6.46. The molecule has 0 aliphatic carbocycles. The van der Waals surface area contributed by atoms with Gasteiger partial charge in [-0.15, -0.1) is 0 Å². The molecular weight excluding hydrogens is 366 g/mol. The highest BCUT2D eigenvalue weighted by Crippen LogP contribution is 2.35. The van der Waals surface area contributed by atoms with Gasteiger partial charge in [-0.25, -0.2) is 0 Å². The Morgan fingerprint density at radius 3 is 2.46 bits per heavy atom. The quantitative estimate of drug-likeness (QED) is 0.745. The third-order valence-corrected chi connectivity index (χ3v) is 4.96. The molecule has 1 amide bonds. The Kier molecular flexibility index (Phi) is 6.12. The van der Waals surface area contributed by atoms with E-state index in [2.05, 4.69) is 15.5 Å². The standard InChI is InChI=1S/C20H22ClN3OS/c1-14-8-10-15(11-9-14)19(25)23-20(26)22-17-7-5-6-16(21)18(17)24-12-3-2-4-13-24/h5-11H,2-4,12-13H2,1H3,(H2,22,23,25,26). The van der Waals surface area contributed by atoms with Crippen LogP contribution in [-0.4, -0.2) is 24.1 Å². The van der Waals surface area contributed by atoms with Crippen molar-refractivity contribution in [3.63, 3.8) is 0 Å². The van der Waals surface area contributed by atoms with Crippen LogP contribution in [0.3, 0.4) is 0 Å². The van der Waals surface area contributed by atoms with Crippen molar-refractivity contribution in [3.8, 4) is 0 Å². The number of thiocarbonyl (C=S) groups is 1. The number of nitrogens with one attached hydrogen (secondary N) is 2. The lowest BCUT2D eigenvalue weighted by Crippen LogP contribution is -2.35. The van der Waals surface area contributed by atoms with E-state index in [1.165, 1.54) is 6.42 Å². The first kappa shape index (κ1) is 18.7. The first-order valence-electron chi connectivity index (χ1n) is 8.77. The van der Waals surface area contributed by atoms with Gasteiger partial charge in [0.05, 0.1) is 16.4 Å². The summed E-state index contributed by atoms with van der Waals surface area (Å²) >= 11 is 11.8. The number of piperidine rings is 1. The molecule has 0 saturated carbocycles. The highest BCUT2D eigenvalue weighted by Gasteiger charge is 2.18. The van der Waals surface area contributed by atoms with E-state index in [4.69, 9.17) is 23.8 Å². The van der Waals surface area contributed by atoms with Crippen LogP contribution in [0.5, 0.6) is 0 Å². The van der Waals surface area contributed by atoms with Crippen molar-refractivity contribution in [3.05, 3.63) is 58.6 Å². The van der Waals surface area contributed by atoms with E-state index < -0.39 is 0 Å². The first-order valence-corrected chi connectivity index (χ1v) is 9.55. The maximum Gasteiger partial charge on any atom is 0.257 e. The molecule has 1 fully saturated rings. The van der Waals surface area contributed by atoms with Crippen molar-refractivity contribution in [1.29, 1.82) is 0 Å². The van der Waals surface area contributed by atoms with Crippen LogP contribution in [0, 0.1) is 6.92 Å². The normalized spacial score (nSPS) is 14.0. The second-order valence-corrected chi connectivity index (χ2v) is 7.27. The number of amides is 1. The van der Waals surface area contributed by atoms with Crippen LogP contribution >= 0.6 is 23.8 Å². The Morgan fingerprint density at radius 1 is 1.08 bits per heavy atom. The number of nitrogens with zero attached hydrogens (tertiary/aromatic N) is 1. The molecule has 136 valence electrons. The molecule has 2 N–H and O–H groups in total. The summed E-state index contributed by atoms with van der Waals surface area (Å²) in [4.78, 5) is 14.6. The molecule has 1 aliphatic heterocycles. The number of hydrogen-bond donors (Lipinski definition) is 2. The molecule has 4 nitrogen and oxygen atoms in total. The number of hydrogen-bond acceptors (Lipinski definition) is 3. The smallest absolute Gasteiger partial charge is 0.257 e. The lowest BCUT2D eigenvalue weighted by atomic mass is 10.1. The SMILES string of the molecule is Cc1ccc(C(=O)NC(=S)Nc2cccc(Cl)c2N2CCCCC2)cc1.